The van der Waals surface area contributed by atoms with Crippen LogP contribution in [-0.4, -0.2) is 55.8 Å². The smallest absolute Gasteiger partial charge is 0.348 e. The van der Waals surface area contributed by atoms with Gasteiger partial charge in [0.25, 0.3) is 0 Å². The Morgan fingerprint density at radius 1 is 1.08 bits per heavy atom. The van der Waals surface area contributed by atoms with Gasteiger partial charge in [-0.2, -0.15) is 15.3 Å². The van der Waals surface area contributed by atoms with Crippen LogP contribution < -0.4 is 4.74 Å². The summed E-state index contributed by atoms with van der Waals surface area (Å²) in [4.78, 5) is 26.3. The lowest BCUT2D eigenvalue weighted by Crippen LogP contribution is -2.15. The Morgan fingerprint density at radius 2 is 1.81 bits per heavy atom. The van der Waals surface area contributed by atoms with Crippen molar-refractivity contribution in [3.8, 4) is 5.88 Å². The highest BCUT2D eigenvalue weighted by atomic mass is 35.5. The number of esters is 1. The van der Waals surface area contributed by atoms with Gasteiger partial charge >= 0.3 is 5.97 Å². The predicted octanol–water partition coefficient (Wildman–Crippen LogP) is 2.52. The SMILES string of the molecule is Cc1cnn(Cc2c(S(C)(=O)=O)ccc(C(=O)c3c(C)nn(C)c3OC(=O)c3cnn(C)c3)c2Cl)c1. The maximum Gasteiger partial charge on any atom is 0.348 e. The molecule has 0 radical (unpaired) electrons. The van der Waals surface area contributed by atoms with Crippen molar-refractivity contribution in [1.82, 2.24) is 29.3 Å². The number of aryl methyl sites for hydroxylation is 4. The van der Waals surface area contributed by atoms with E-state index in [1.165, 1.54) is 45.6 Å². The first-order valence-electron chi connectivity index (χ1n) is 10.7. The molecule has 0 saturated carbocycles. The molecule has 0 aliphatic rings. The van der Waals surface area contributed by atoms with E-state index in [1.54, 1.807) is 26.4 Å². The van der Waals surface area contributed by atoms with Crippen LogP contribution in [0.1, 0.15) is 43.1 Å². The molecule has 0 N–H and O–H groups in total. The maximum absolute atomic E-state index is 13.7. The quantitative estimate of drug-likeness (QED) is 0.263. The van der Waals surface area contributed by atoms with Crippen molar-refractivity contribution < 1.29 is 22.7 Å². The zero-order valence-electron chi connectivity index (χ0n) is 20.2. The summed E-state index contributed by atoms with van der Waals surface area (Å²) >= 11 is 6.66. The number of ketones is 1. The fourth-order valence-corrected chi connectivity index (χ4v) is 5.11. The number of carbonyl (C=O) groups is 2. The largest absolute Gasteiger partial charge is 0.403 e. The van der Waals surface area contributed by atoms with E-state index in [0.29, 0.717) is 5.69 Å². The Bertz CT molecular complexity index is 1620. The molecule has 0 saturated heterocycles. The van der Waals surface area contributed by atoms with Crippen LogP contribution in [0.3, 0.4) is 0 Å². The van der Waals surface area contributed by atoms with Crippen LogP contribution in [0.2, 0.25) is 5.02 Å². The van der Waals surface area contributed by atoms with Crippen molar-refractivity contribution in [2.45, 2.75) is 25.3 Å². The summed E-state index contributed by atoms with van der Waals surface area (Å²) in [6, 6.07) is 2.69. The highest BCUT2D eigenvalue weighted by molar-refractivity contribution is 7.90. The summed E-state index contributed by atoms with van der Waals surface area (Å²) in [5, 5.41) is 12.3. The van der Waals surface area contributed by atoms with Crippen molar-refractivity contribution in [3.63, 3.8) is 0 Å². The highest BCUT2D eigenvalue weighted by Gasteiger charge is 2.29. The van der Waals surface area contributed by atoms with Gasteiger partial charge in [-0.15, -0.1) is 0 Å². The van der Waals surface area contributed by atoms with Crippen LogP contribution in [0.4, 0.5) is 0 Å². The van der Waals surface area contributed by atoms with Crippen LogP contribution in [-0.2, 0) is 30.5 Å². The first-order chi connectivity index (χ1) is 16.9. The highest BCUT2D eigenvalue weighted by Crippen LogP contribution is 2.33. The van der Waals surface area contributed by atoms with Gasteiger partial charge in [0.15, 0.2) is 9.84 Å². The van der Waals surface area contributed by atoms with Gasteiger partial charge in [-0.05, 0) is 31.5 Å². The molecule has 11 nitrogen and oxygen atoms in total. The normalized spacial score (nSPS) is 11.6. The molecule has 36 heavy (non-hydrogen) atoms. The van der Waals surface area contributed by atoms with Crippen molar-refractivity contribution >= 4 is 33.2 Å². The van der Waals surface area contributed by atoms with Crippen LogP contribution in [0.25, 0.3) is 0 Å². The number of aromatic nitrogens is 6. The van der Waals surface area contributed by atoms with E-state index >= 15 is 0 Å². The molecule has 0 unspecified atom stereocenters. The van der Waals surface area contributed by atoms with Gasteiger partial charge in [0.1, 0.15) is 5.56 Å². The lowest BCUT2D eigenvalue weighted by molar-refractivity contribution is 0.0718. The summed E-state index contributed by atoms with van der Waals surface area (Å²) in [7, 11) is -0.470. The number of benzene rings is 1. The van der Waals surface area contributed by atoms with Gasteiger partial charge in [-0.1, -0.05) is 11.6 Å². The van der Waals surface area contributed by atoms with Crippen LogP contribution in [0.15, 0.2) is 41.8 Å². The number of hydrogen-bond donors (Lipinski definition) is 0. The molecule has 0 aliphatic carbocycles. The van der Waals surface area contributed by atoms with Crippen molar-refractivity contribution in [2.24, 2.45) is 14.1 Å². The second-order valence-corrected chi connectivity index (χ2v) is 10.8. The van der Waals surface area contributed by atoms with Gasteiger partial charge in [0.2, 0.25) is 11.7 Å². The predicted molar refractivity (Wildman–Crippen MR) is 130 cm³/mol. The van der Waals surface area contributed by atoms with Gasteiger partial charge in [-0.25, -0.2) is 17.9 Å². The number of nitrogens with zero attached hydrogens (tertiary/aromatic N) is 6. The third kappa shape index (κ3) is 4.82. The molecule has 0 bridgehead atoms. The molecule has 3 aromatic heterocycles. The molecule has 4 rings (SSSR count). The summed E-state index contributed by atoms with van der Waals surface area (Å²) in [5.41, 5.74) is 1.68. The monoisotopic (exact) mass is 530 g/mol. The number of halogens is 1. The van der Waals surface area contributed by atoms with Crippen molar-refractivity contribution in [2.75, 3.05) is 6.26 Å². The minimum Gasteiger partial charge on any atom is -0.403 e. The van der Waals surface area contributed by atoms with Gasteiger partial charge < -0.3 is 4.74 Å². The summed E-state index contributed by atoms with van der Waals surface area (Å²) in [6.45, 7) is 3.48. The Morgan fingerprint density at radius 3 is 2.39 bits per heavy atom. The molecule has 1 aromatic carbocycles. The molecule has 0 spiro atoms. The van der Waals surface area contributed by atoms with Crippen LogP contribution in [0, 0.1) is 13.8 Å². The second-order valence-electron chi connectivity index (χ2n) is 8.40. The third-order valence-corrected chi connectivity index (χ3v) is 7.07. The average molecular weight is 531 g/mol. The zero-order chi connectivity index (χ0) is 26.4. The minimum atomic E-state index is -3.66. The lowest BCUT2D eigenvalue weighted by atomic mass is 10.0. The van der Waals surface area contributed by atoms with E-state index < -0.39 is 21.6 Å². The van der Waals surface area contributed by atoms with Crippen molar-refractivity contribution in [1.29, 1.82) is 0 Å². The Hall–Kier alpha value is -3.77. The summed E-state index contributed by atoms with van der Waals surface area (Å²) in [5.74, 6) is -1.36. The molecular formula is C23H23ClN6O5S. The Kier molecular flexibility index (Phi) is 6.58. The Balaban J connectivity index is 1.79. The molecule has 0 amide bonds. The number of carbonyl (C=O) groups excluding carboxylic acids is 2. The topological polar surface area (TPSA) is 131 Å². The molecule has 0 atom stereocenters. The maximum atomic E-state index is 13.7. The minimum absolute atomic E-state index is 0.0108. The zero-order valence-corrected chi connectivity index (χ0v) is 21.8. The third-order valence-electron chi connectivity index (χ3n) is 5.45. The van der Waals surface area contributed by atoms with Gasteiger partial charge in [0.05, 0.1) is 40.1 Å². The van der Waals surface area contributed by atoms with Gasteiger partial charge in [0, 0.05) is 43.9 Å². The fourth-order valence-electron chi connectivity index (χ4n) is 3.81. The number of ether oxygens (including phenoxy) is 1. The summed E-state index contributed by atoms with van der Waals surface area (Å²) in [6.07, 6.45) is 7.26. The average Bonchev–Trinajstić information content (AvgIpc) is 3.47. The second kappa shape index (κ2) is 9.36. The molecule has 3 heterocycles. The first-order valence-corrected chi connectivity index (χ1v) is 12.9. The standard InChI is InChI=1S/C23H23ClN6O5S/c1-13-8-26-30(10-13)12-17-18(36(5,33)34)7-6-16(20(17)24)21(31)19-14(2)27-29(4)22(19)35-23(32)15-9-25-28(3)11-15/h6-11H,12H2,1-5H3. The van der Waals surface area contributed by atoms with E-state index in [0.717, 1.165) is 11.8 Å². The van der Waals surface area contributed by atoms with E-state index in [2.05, 4.69) is 15.3 Å². The first kappa shape index (κ1) is 25.3. The number of sulfone groups is 1. The molecule has 13 heteroatoms. The van der Waals surface area contributed by atoms with Crippen LogP contribution >= 0.6 is 11.6 Å². The molecule has 188 valence electrons. The molecule has 0 fully saturated rings. The van der Waals surface area contributed by atoms with Gasteiger partial charge in [-0.3, -0.25) is 14.2 Å². The fraction of sp³-hybridized carbons (Fsp3) is 0.261. The van der Waals surface area contributed by atoms with Crippen molar-refractivity contribution in [3.05, 3.63) is 75.5 Å². The van der Waals surface area contributed by atoms with E-state index in [-0.39, 0.29) is 44.6 Å². The van der Waals surface area contributed by atoms with E-state index in [4.69, 9.17) is 16.3 Å². The number of rotatable bonds is 7. The Labute approximate surface area is 212 Å². The molecular weight excluding hydrogens is 508 g/mol. The lowest BCUT2D eigenvalue weighted by Gasteiger charge is -2.14. The molecule has 4 aromatic rings. The van der Waals surface area contributed by atoms with E-state index in [1.807, 2.05) is 6.92 Å². The van der Waals surface area contributed by atoms with Crippen LogP contribution in [0.5, 0.6) is 5.88 Å². The number of hydrogen-bond acceptors (Lipinski definition) is 8. The summed E-state index contributed by atoms with van der Waals surface area (Å²) < 4.78 is 34.7. The molecule has 0 aliphatic heterocycles. The van der Waals surface area contributed by atoms with E-state index in [9.17, 15) is 18.0 Å².